The number of rotatable bonds is 3. The number of hydrogen-bond acceptors (Lipinski definition) is 3. The van der Waals surface area contributed by atoms with Gasteiger partial charge in [0, 0.05) is 12.0 Å². The summed E-state index contributed by atoms with van der Waals surface area (Å²) in [6.45, 7) is 2.54. The number of benzene rings is 1. The number of hydrogen-bond donors (Lipinski definition) is 1. The van der Waals surface area contributed by atoms with Gasteiger partial charge >= 0.3 is 0 Å². The Morgan fingerprint density at radius 3 is 2.39 bits per heavy atom. The molecule has 0 radical (unpaired) electrons. The fourth-order valence-corrected chi connectivity index (χ4v) is 1.96. The molecular weight excluding hydrogens is 242 g/mol. The van der Waals surface area contributed by atoms with Crippen molar-refractivity contribution in [2.75, 3.05) is 13.2 Å². The van der Waals surface area contributed by atoms with Gasteiger partial charge < -0.3 is 14.6 Å². The van der Waals surface area contributed by atoms with E-state index in [-0.39, 0.29) is 12.0 Å². The maximum Gasteiger partial charge on any atom is 0.264 e. The second-order valence-corrected chi connectivity index (χ2v) is 4.40. The first-order chi connectivity index (χ1) is 8.58. The van der Waals surface area contributed by atoms with Crippen LogP contribution in [0, 0.1) is 0 Å². The van der Waals surface area contributed by atoms with Crippen molar-refractivity contribution in [3.8, 4) is 11.5 Å². The molecule has 0 aromatic heterocycles. The first kappa shape index (κ1) is 13.1. The average Bonchev–Trinajstić information content (AvgIpc) is 2.51. The molecule has 1 aromatic carbocycles. The van der Waals surface area contributed by atoms with Gasteiger partial charge in [-0.15, -0.1) is 0 Å². The zero-order valence-electron chi connectivity index (χ0n) is 10.2. The van der Waals surface area contributed by atoms with Crippen LogP contribution in [0.2, 0.25) is 0 Å². The number of halogens is 2. The van der Waals surface area contributed by atoms with Crippen LogP contribution in [0.5, 0.6) is 11.5 Å². The smallest absolute Gasteiger partial charge is 0.264 e. The highest BCUT2D eigenvalue weighted by molar-refractivity contribution is 5.48. The van der Waals surface area contributed by atoms with E-state index in [0.717, 1.165) is 6.42 Å². The summed E-state index contributed by atoms with van der Waals surface area (Å²) in [5.41, 5.74) is 0.310. The van der Waals surface area contributed by atoms with Crippen LogP contribution in [0.25, 0.3) is 0 Å². The number of aliphatic hydroxyl groups is 1. The van der Waals surface area contributed by atoms with Crippen molar-refractivity contribution in [2.24, 2.45) is 0 Å². The highest BCUT2D eigenvalue weighted by atomic mass is 19.3. The van der Waals surface area contributed by atoms with Crippen molar-refractivity contribution in [3.05, 3.63) is 23.3 Å². The molecular formula is C13H16F2O3. The zero-order valence-corrected chi connectivity index (χ0v) is 10.2. The lowest BCUT2D eigenvalue weighted by molar-refractivity contribution is 0.147. The Hall–Kier alpha value is -1.36. The van der Waals surface area contributed by atoms with E-state index in [9.17, 15) is 13.9 Å². The van der Waals surface area contributed by atoms with Crippen molar-refractivity contribution in [1.82, 2.24) is 0 Å². The summed E-state index contributed by atoms with van der Waals surface area (Å²) in [5, 5.41) is 9.35. The maximum atomic E-state index is 13.0. The number of alkyl halides is 2. The Labute approximate surface area is 104 Å². The lowest BCUT2D eigenvalue weighted by atomic mass is 10.0. The summed E-state index contributed by atoms with van der Waals surface area (Å²) in [6.07, 6.45) is -2.36. The van der Waals surface area contributed by atoms with E-state index in [1.807, 2.05) is 0 Å². The fraction of sp³-hybridized carbons (Fsp3) is 0.538. The topological polar surface area (TPSA) is 38.7 Å². The van der Waals surface area contributed by atoms with Crippen LogP contribution in [-0.4, -0.2) is 24.4 Å². The van der Waals surface area contributed by atoms with Gasteiger partial charge in [-0.25, -0.2) is 8.78 Å². The molecule has 100 valence electrons. The van der Waals surface area contributed by atoms with Gasteiger partial charge in [0.1, 0.15) is 0 Å². The summed E-state index contributed by atoms with van der Waals surface area (Å²) in [6, 6.07) is 2.87. The molecule has 1 heterocycles. The first-order valence-corrected chi connectivity index (χ1v) is 5.96. The standard InChI is InChI=1S/C13H16F2O3/c1-8(16)5-9-6-11-12(7-10(9)13(14)15)18-4-2-3-17-11/h6-8,13,16H,2-5H2,1H3. The number of aliphatic hydroxyl groups excluding tert-OH is 1. The van der Waals surface area contributed by atoms with Crippen molar-refractivity contribution >= 4 is 0 Å². The predicted octanol–water partition coefficient (Wildman–Crippen LogP) is 2.71. The van der Waals surface area contributed by atoms with Crippen LogP contribution >= 0.6 is 0 Å². The van der Waals surface area contributed by atoms with E-state index in [1.165, 1.54) is 6.07 Å². The third kappa shape index (κ3) is 2.90. The van der Waals surface area contributed by atoms with E-state index in [4.69, 9.17) is 9.47 Å². The van der Waals surface area contributed by atoms with Crippen LogP contribution in [0.3, 0.4) is 0 Å². The summed E-state index contributed by atoms with van der Waals surface area (Å²) >= 11 is 0. The third-order valence-corrected chi connectivity index (χ3v) is 2.76. The van der Waals surface area contributed by atoms with Gasteiger partial charge in [-0.3, -0.25) is 0 Å². The molecule has 5 heteroatoms. The summed E-state index contributed by atoms with van der Waals surface area (Å²) in [5.74, 6) is 0.838. The number of fused-ring (bicyclic) bond motifs is 1. The molecule has 0 saturated carbocycles. The second-order valence-electron chi connectivity index (χ2n) is 4.40. The highest BCUT2D eigenvalue weighted by Crippen LogP contribution is 2.37. The molecule has 0 amide bonds. The molecule has 0 bridgehead atoms. The van der Waals surface area contributed by atoms with E-state index in [0.29, 0.717) is 30.3 Å². The minimum atomic E-state index is -2.59. The average molecular weight is 258 g/mol. The molecule has 1 N–H and O–H groups in total. The van der Waals surface area contributed by atoms with Crippen molar-refractivity contribution in [3.63, 3.8) is 0 Å². The molecule has 1 atom stereocenters. The molecule has 0 saturated heterocycles. The number of ether oxygens (including phenoxy) is 2. The Bertz CT molecular complexity index is 419. The van der Waals surface area contributed by atoms with Gasteiger partial charge in [-0.2, -0.15) is 0 Å². The van der Waals surface area contributed by atoms with E-state index >= 15 is 0 Å². The quantitative estimate of drug-likeness (QED) is 0.906. The molecule has 1 aromatic rings. The lowest BCUT2D eigenvalue weighted by Crippen LogP contribution is -2.08. The van der Waals surface area contributed by atoms with E-state index in [1.54, 1.807) is 13.0 Å². The predicted molar refractivity (Wildman–Crippen MR) is 62.4 cm³/mol. The van der Waals surface area contributed by atoms with Gasteiger partial charge in [-0.05, 0) is 31.0 Å². The minimum Gasteiger partial charge on any atom is -0.490 e. The van der Waals surface area contributed by atoms with Crippen molar-refractivity contribution < 1.29 is 23.4 Å². The Balaban J connectivity index is 2.40. The summed E-state index contributed by atoms with van der Waals surface area (Å²) in [7, 11) is 0. The first-order valence-electron chi connectivity index (χ1n) is 5.96. The van der Waals surface area contributed by atoms with Gasteiger partial charge in [0.15, 0.2) is 11.5 Å². The molecule has 0 fully saturated rings. The van der Waals surface area contributed by atoms with Crippen LogP contribution in [0.1, 0.15) is 30.9 Å². The van der Waals surface area contributed by atoms with Crippen molar-refractivity contribution in [2.45, 2.75) is 32.3 Å². The van der Waals surface area contributed by atoms with Gasteiger partial charge in [0.25, 0.3) is 6.43 Å². The molecule has 3 nitrogen and oxygen atoms in total. The van der Waals surface area contributed by atoms with Gasteiger partial charge in [-0.1, -0.05) is 0 Å². The molecule has 18 heavy (non-hydrogen) atoms. The zero-order chi connectivity index (χ0) is 13.1. The fourth-order valence-electron chi connectivity index (χ4n) is 1.96. The minimum absolute atomic E-state index is 0.0971. The van der Waals surface area contributed by atoms with Crippen LogP contribution in [0.15, 0.2) is 12.1 Å². The second kappa shape index (κ2) is 5.52. The highest BCUT2D eigenvalue weighted by Gasteiger charge is 2.20. The molecule has 2 rings (SSSR count). The van der Waals surface area contributed by atoms with E-state index in [2.05, 4.69) is 0 Å². The molecule has 1 aliphatic rings. The van der Waals surface area contributed by atoms with Crippen LogP contribution < -0.4 is 9.47 Å². The van der Waals surface area contributed by atoms with Crippen LogP contribution in [-0.2, 0) is 6.42 Å². The third-order valence-electron chi connectivity index (χ3n) is 2.76. The Morgan fingerprint density at radius 2 is 1.83 bits per heavy atom. The van der Waals surface area contributed by atoms with Gasteiger partial charge in [0.2, 0.25) is 0 Å². The monoisotopic (exact) mass is 258 g/mol. The normalized spacial score (nSPS) is 16.5. The van der Waals surface area contributed by atoms with E-state index < -0.39 is 12.5 Å². The molecule has 1 unspecified atom stereocenters. The van der Waals surface area contributed by atoms with Crippen LogP contribution in [0.4, 0.5) is 8.78 Å². The maximum absolute atomic E-state index is 13.0. The molecule has 0 spiro atoms. The Kier molecular flexibility index (Phi) is 4.01. The molecule has 0 aliphatic carbocycles. The Morgan fingerprint density at radius 1 is 1.22 bits per heavy atom. The summed E-state index contributed by atoms with van der Waals surface area (Å²) in [4.78, 5) is 0. The lowest BCUT2D eigenvalue weighted by Gasteiger charge is -2.15. The SMILES string of the molecule is CC(O)Cc1cc2c(cc1C(F)F)OCCCO2. The van der Waals surface area contributed by atoms with Gasteiger partial charge in [0.05, 0.1) is 19.3 Å². The van der Waals surface area contributed by atoms with Crippen molar-refractivity contribution in [1.29, 1.82) is 0 Å². The molecule has 1 aliphatic heterocycles. The summed E-state index contributed by atoms with van der Waals surface area (Å²) < 4.78 is 36.8. The largest absolute Gasteiger partial charge is 0.490 e.